The molecule has 0 aliphatic carbocycles. The molecule has 9 heteroatoms. The highest BCUT2D eigenvalue weighted by molar-refractivity contribution is 8.13. The van der Waals surface area contributed by atoms with Crippen molar-refractivity contribution in [3.8, 4) is 16.9 Å². The second kappa shape index (κ2) is 15.0. The lowest BCUT2D eigenvalue weighted by molar-refractivity contribution is -0.127. The van der Waals surface area contributed by atoms with E-state index in [0.29, 0.717) is 29.7 Å². The molecular weight excluding hydrogens is 515 g/mol. The molecule has 0 unspecified atom stereocenters. The second-order valence-electron chi connectivity index (χ2n) is 9.25. The van der Waals surface area contributed by atoms with Gasteiger partial charge in [0.1, 0.15) is 5.75 Å². The van der Waals surface area contributed by atoms with E-state index >= 15 is 0 Å². The van der Waals surface area contributed by atoms with Crippen molar-refractivity contribution in [2.24, 2.45) is 0 Å². The van der Waals surface area contributed by atoms with Gasteiger partial charge < -0.3 is 9.15 Å². The maximum Gasteiger partial charge on any atom is 0.393 e. The number of carbonyl (C=O) groups is 1. The molecule has 0 N–H and O–H groups in total. The Bertz CT molecular complexity index is 1230. The SMILES string of the molecule is CCC(=O)SCCCCCCCCCCOc1ccc(-c2cc3cc(CC(F)(F)F)cnc3oc2=O)cc1. The molecule has 3 rings (SSSR count). The smallest absolute Gasteiger partial charge is 0.393 e. The number of nitrogens with zero attached hydrogens (tertiary/aromatic N) is 1. The molecule has 0 aliphatic heterocycles. The fourth-order valence-electron chi connectivity index (χ4n) is 4.06. The number of thioether (sulfide) groups is 1. The van der Waals surface area contributed by atoms with Gasteiger partial charge >= 0.3 is 11.8 Å². The van der Waals surface area contributed by atoms with Crippen LogP contribution in [0.5, 0.6) is 5.75 Å². The van der Waals surface area contributed by atoms with Gasteiger partial charge in [0.15, 0.2) is 5.12 Å². The number of alkyl halides is 3. The molecule has 0 saturated carbocycles. The maximum atomic E-state index is 12.7. The summed E-state index contributed by atoms with van der Waals surface area (Å²) in [4.78, 5) is 27.5. The summed E-state index contributed by atoms with van der Waals surface area (Å²) in [6.07, 6.45) is 5.39. The predicted molar refractivity (Wildman–Crippen MR) is 146 cm³/mol. The molecule has 0 bridgehead atoms. The first-order chi connectivity index (χ1) is 18.2. The zero-order valence-corrected chi connectivity index (χ0v) is 22.5. The normalized spacial score (nSPS) is 11.7. The third-order valence-corrected chi connectivity index (χ3v) is 7.18. The molecule has 0 amide bonds. The van der Waals surface area contributed by atoms with Crippen molar-refractivity contribution >= 4 is 28.0 Å². The molecule has 0 radical (unpaired) electrons. The first-order valence-corrected chi connectivity index (χ1v) is 14.1. The van der Waals surface area contributed by atoms with Gasteiger partial charge in [0.2, 0.25) is 5.71 Å². The largest absolute Gasteiger partial charge is 0.494 e. The lowest BCUT2D eigenvalue weighted by Gasteiger charge is -2.08. The van der Waals surface area contributed by atoms with Crippen LogP contribution in [0.4, 0.5) is 13.2 Å². The molecule has 0 saturated heterocycles. The molecule has 38 heavy (non-hydrogen) atoms. The molecule has 2 aromatic heterocycles. The van der Waals surface area contributed by atoms with E-state index in [1.54, 1.807) is 24.3 Å². The lowest BCUT2D eigenvalue weighted by Crippen LogP contribution is -2.12. The number of carbonyl (C=O) groups excluding carboxylic acids is 1. The van der Waals surface area contributed by atoms with Crippen LogP contribution in [-0.2, 0) is 11.2 Å². The van der Waals surface area contributed by atoms with Crippen LogP contribution in [-0.4, -0.2) is 28.6 Å². The number of fused-ring (bicyclic) bond motifs is 1. The molecule has 0 fully saturated rings. The van der Waals surface area contributed by atoms with E-state index < -0.39 is 18.2 Å². The van der Waals surface area contributed by atoms with Crippen molar-refractivity contribution in [3.05, 3.63) is 58.6 Å². The maximum absolute atomic E-state index is 12.7. The van der Waals surface area contributed by atoms with Gasteiger partial charge in [-0.25, -0.2) is 9.78 Å². The number of hydrogen-bond donors (Lipinski definition) is 0. The van der Waals surface area contributed by atoms with Crippen LogP contribution in [0.1, 0.15) is 70.3 Å². The number of halogens is 3. The van der Waals surface area contributed by atoms with Gasteiger partial charge in [-0.3, -0.25) is 4.79 Å². The Hall–Kier alpha value is -2.81. The van der Waals surface area contributed by atoms with Gasteiger partial charge in [-0.05, 0) is 48.2 Å². The van der Waals surface area contributed by atoms with E-state index in [2.05, 4.69) is 4.98 Å². The molecular formula is C29H34F3NO4S. The third kappa shape index (κ3) is 10.2. The first-order valence-electron chi connectivity index (χ1n) is 13.1. The molecule has 1 aromatic carbocycles. The predicted octanol–water partition coefficient (Wildman–Crippen LogP) is 8.13. The number of pyridine rings is 1. The van der Waals surface area contributed by atoms with Crippen LogP contribution in [0.2, 0.25) is 0 Å². The highest BCUT2D eigenvalue weighted by Gasteiger charge is 2.28. The molecule has 0 spiro atoms. The van der Waals surface area contributed by atoms with Gasteiger partial charge in [-0.15, -0.1) is 0 Å². The lowest BCUT2D eigenvalue weighted by atomic mass is 10.1. The van der Waals surface area contributed by atoms with Crippen LogP contribution in [0, 0.1) is 0 Å². The van der Waals surface area contributed by atoms with Crippen molar-refractivity contribution in [3.63, 3.8) is 0 Å². The Morgan fingerprint density at radius 2 is 1.63 bits per heavy atom. The topological polar surface area (TPSA) is 69.4 Å². The summed E-state index contributed by atoms with van der Waals surface area (Å²) in [6, 6.07) is 9.86. The summed E-state index contributed by atoms with van der Waals surface area (Å²) in [5, 5.41) is 0.617. The summed E-state index contributed by atoms with van der Waals surface area (Å²) in [5.74, 6) is 1.62. The number of hydrogen-bond acceptors (Lipinski definition) is 6. The van der Waals surface area contributed by atoms with Crippen LogP contribution in [0.25, 0.3) is 22.2 Å². The molecule has 2 heterocycles. The summed E-state index contributed by atoms with van der Waals surface area (Å²) in [6.45, 7) is 2.50. The van der Waals surface area contributed by atoms with Crippen molar-refractivity contribution in [1.82, 2.24) is 4.98 Å². The molecule has 0 aliphatic rings. The number of ether oxygens (including phenoxy) is 1. The Kier molecular flexibility index (Phi) is 11.7. The number of benzene rings is 1. The van der Waals surface area contributed by atoms with Gasteiger partial charge in [-0.2, -0.15) is 13.2 Å². The van der Waals surface area contributed by atoms with Crippen LogP contribution < -0.4 is 10.4 Å². The highest BCUT2D eigenvalue weighted by Crippen LogP contribution is 2.26. The fraction of sp³-hybridized carbons (Fsp3) is 0.483. The number of rotatable bonds is 15. The van der Waals surface area contributed by atoms with E-state index in [0.717, 1.165) is 31.2 Å². The van der Waals surface area contributed by atoms with Gasteiger partial charge in [-0.1, -0.05) is 69.3 Å². The Balaban J connectivity index is 1.39. The zero-order chi connectivity index (χ0) is 27.4. The summed E-state index contributed by atoms with van der Waals surface area (Å²) < 4.78 is 49.2. The average Bonchev–Trinajstić information content (AvgIpc) is 2.88. The van der Waals surface area contributed by atoms with Crippen LogP contribution >= 0.6 is 11.8 Å². The quantitative estimate of drug-likeness (QED) is 0.178. The van der Waals surface area contributed by atoms with Crippen molar-refractivity contribution < 1.29 is 27.1 Å². The minimum Gasteiger partial charge on any atom is -0.494 e. The van der Waals surface area contributed by atoms with E-state index in [1.165, 1.54) is 56.0 Å². The zero-order valence-electron chi connectivity index (χ0n) is 21.6. The van der Waals surface area contributed by atoms with Crippen molar-refractivity contribution in [2.75, 3.05) is 12.4 Å². The average molecular weight is 550 g/mol. The minimum absolute atomic E-state index is 0.00354. The Labute approximate surface area is 225 Å². The molecule has 206 valence electrons. The summed E-state index contributed by atoms with van der Waals surface area (Å²) in [5.41, 5.74) is 0.244. The number of aromatic nitrogens is 1. The van der Waals surface area contributed by atoms with E-state index in [-0.39, 0.29) is 22.0 Å². The highest BCUT2D eigenvalue weighted by atomic mass is 32.2. The van der Waals surface area contributed by atoms with Crippen molar-refractivity contribution in [2.45, 2.75) is 77.3 Å². The van der Waals surface area contributed by atoms with E-state index in [9.17, 15) is 22.8 Å². The molecule has 5 nitrogen and oxygen atoms in total. The molecule has 3 aromatic rings. The second-order valence-corrected chi connectivity index (χ2v) is 10.4. The fourth-order valence-corrected chi connectivity index (χ4v) is 4.84. The minimum atomic E-state index is -4.35. The summed E-state index contributed by atoms with van der Waals surface area (Å²) >= 11 is 1.45. The Morgan fingerprint density at radius 1 is 0.974 bits per heavy atom. The van der Waals surface area contributed by atoms with E-state index in [4.69, 9.17) is 9.15 Å². The number of unbranched alkanes of at least 4 members (excludes halogenated alkanes) is 7. The van der Waals surface area contributed by atoms with Crippen LogP contribution in [0.3, 0.4) is 0 Å². The Morgan fingerprint density at radius 3 is 2.29 bits per heavy atom. The van der Waals surface area contributed by atoms with E-state index in [1.807, 2.05) is 6.92 Å². The van der Waals surface area contributed by atoms with Gasteiger partial charge in [0.05, 0.1) is 18.6 Å². The standard InChI is InChI=1S/C29H34F3NO4S/c1-2-26(34)38-16-10-8-6-4-3-5-7-9-15-36-24-13-11-22(12-14-24)25-18-23-17-21(19-29(30,31)32)20-33-27(23)37-28(25)35/h11-14,17-18,20H,2-10,15-16,19H2,1H3. The third-order valence-electron chi connectivity index (χ3n) is 6.07. The molecule has 0 atom stereocenters. The van der Waals surface area contributed by atoms with Gasteiger partial charge in [0.25, 0.3) is 0 Å². The van der Waals surface area contributed by atoms with Gasteiger partial charge in [0, 0.05) is 23.8 Å². The van der Waals surface area contributed by atoms with Crippen LogP contribution in [0.15, 0.2) is 51.8 Å². The first kappa shape index (κ1) is 29.7. The summed E-state index contributed by atoms with van der Waals surface area (Å²) in [7, 11) is 0. The van der Waals surface area contributed by atoms with Crippen molar-refractivity contribution in [1.29, 1.82) is 0 Å². The monoisotopic (exact) mass is 549 g/mol.